The molecule has 10 heteroatoms. The number of piperazine rings is 1. The van der Waals surface area contributed by atoms with E-state index < -0.39 is 26.6 Å². The Bertz CT molecular complexity index is 1020. The van der Waals surface area contributed by atoms with Crippen LogP contribution in [0.1, 0.15) is 0 Å². The molecule has 0 radical (unpaired) electrons. The van der Waals surface area contributed by atoms with E-state index in [9.17, 15) is 17.2 Å². The van der Waals surface area contributed by atoms with Gasteiger partial charge in [-0.05, 0) is 23.6 Å². The molecule has 0 atom stereocenters. The van der Waals surface area contributed by atoms with Gasteiger partial charge in [0.2, 0.25) is 10.0 Å². The van der Waals surface area contributed by atoms with Gasteiger partial charge in [-0.1, -0.05) is 6.07 Å². The van der Waals surface area contributed by atoms with Crippen LogP contribution < -0.4 is 4.90 Å². The number of halogens is 2. The van der Waals surface area contributed by atoms with Crippen molar-refractivity contribution in [3.8, 4) is 11.3 Å². The van der Waals surface area contributed by atoms with Gasteiger partial charge in [0.1, 0.15) is 11.6 Å². The summed E-state index contributed by atoms with van der Waals surface area (Å²) >= 11 is 3.09. The van der Waals surface area contributed by atoms with Gasteiger partial charge in [-0.2, -0.15) is 15.6 Å². The number of sulfonamides is 1. The summed E-state index contributed by atoms with van der Waals surface area (Å²) < 4.78 is 54.3. The largest absolute Gasteiger partial charge is 0.345 e. The Hall–Kier alpha value is -1.88. The lowest BCUT2D eigenvalue weighted by molar-refractivity contribution is 0.378. The summed E-state index contributed by atoms with van der Waals surface area (Å²) in [6.45, 7) is 1.10. The Morgan fingerprint density at radius 2 is 1.70 bits per heavy atom. The molecule has 142 valence electrons. The van der Waals surface area contributed by atoms with Crippen molar-refractivity contribution >= 4 is 37.8 Å². The number of rotatable bonds is 4. The molecule has 3 heterocycles. The van der Waals surface area contributed by atoms with Gasteiger partial charge >= 0.3 is 0 Å². The van der Waals surface area contributed by atoms with Crippen molar-refractivity contribution in [2.24, 2.45) is 0 Å². The molecule has 0 N–H and O–H groups in total. The average Bonchev–Trinajstić information content (AvgIpc) is 3.33. The second-order valence-corrected chi connectivity index (χ2v) is 9.46. The number of thiazole rings is 1. The highest BCUT2D eigenvalue weighted by molar-refractivity contribution is 7.89. The number of thiophene rings is 1. The van der Waals surface area contributed by atoms with Crippen molar-refractivity contribution in [3.63, 3.8) is 0 Å². The minimum Gasteiger partial charge on any atom is -0.345 e. The van der Waals surface area contributed by atoms with Gasteiger partial charge in [-0.25, -0.2) is 22.2 Å². The molecule has 1 aliphatic heterocycles. The quantitative estimate of drug-likeness (QED) is 0.638. The third-order valence-corrected chi connectivity index (χ3v) is 7.87. The van der Waals surface area contributed by atoms with E-state index >= 15 is 0 Å². The fraction of sp³-hybridized carbons (Fsp3) is 0.235. The van der Waals surface area contributed by atoms with Crippen LogP contribution in [-0.2, 0) is 10.0 Å². The maximum absolute atomic E-state index is 13.9. The van der Waals surface area contributed by atoms with Crippen LogP contribution in [0.3, 0.4) is 0 Å². The Morgan fingerprint density at radius 1 is 1.00 bits per heavy atom. The summed E-state index contributed by atoms with van der Waals surface area (Å²) in [5.74, 6) is -2.14. The molecule has 1 aromatic carbocycles. The van der Waals surface area contributed by atoms with Crippen LogP contribution in [0.4, 0.5) is 13.9 Å². The monoisotopic (exact) mass is 427 g/mol. The van der Waals surface area contributed by atoms with Crippen LogP contribution in [0.5, 0.6) is 0 Å². The molecule has 0 amide bonds. The van der Waals surface area contributed by atoms with Crippen molar-refractivity contribution < 1.29 is 17.2 Å². The summed E-state index contributed by atoms with van der Waals surface area (Å²) in [4.78, 5) is 5.72. The molecule has 2 aromatic heterocycles. The van der Waals surface area contributed by atoms with Crippen molar-refractivity contribution in [2.45, 2.75) is 4.90 Å². The summed E-state index contributed by atoms with van der Waals surface area (Å²) in [7, 11) is -4.22. The molecule has 1 aliphatic rings. The predicted octanol–water partition coefficient (Wildman–Crippen LogP) is 3.66. The van der Waals surface area contributed by atoms with Gasteiger partial charge in [-0.15, -0.1) is 11.3 Å². The number of aromatic nitrogens is 1. The first-order valence-corrected chi connectivity index (χ1v) is 11.4. The van der Waals surface area contributed by atoms with E-state index in [1.54, 1.807) is 11.3 Å². The smallest absolute Gasteiger partial charge is 0.249 e. The molecule has 1 fully saturated rings. The number of nitrogens with zero attached hydrogens (tertiary/aromatic N) is 3. The maximum Gasteiger partial charge on any atom is 0.249 e. The molecule has 0 aliphatic carbocycles. The highest BCUT2D eigenvalue weighted by atomic mass is 32.2. The van der Waals surface area contributed by atoms with Crippen molar-refractivity contribution in [1.29, 1.82) is 0 Å². The van der Waals surface area contributed by atoms with Gasteiger partial charge < -0.3 is 4.90 Å². The first kappa shape index (κ1) is 18.5. The van der Waals surface area contributed by atoms with Crippen LogP contribution in [0.25, 0.3) is 11.3 Å². The summed E-state index contributed by atoms with van der Waals surface area (Å²) in [5.41, 5.74) is 1.94. The third-order valence-electron chi connectivity index (χ3n) is 4.33. The molecule has 27 heavy (non-hydrogen) atoms. The zero-order valence-corrected chi connectivity index (χ0v) is 16.5. The molecule has 0 bridgehead atoms. The molecule has 0 spiro atoms. The molecule has 0 saturated carbocycles. The third kappa shape index (κ3) is 3.49. The van der Waals surface area contributed by atoms with Gasteiger partial charge in [0.25, 0.3) is 0 Å². The van der Waals surface area contributed by atoms with Gasteiger partial charge in [0.15, 0.2) is 10.0 Å². The number of hydrogen-bond acceptors (Lipinski definition) is 6. The van der Waals surface area contributed by atoms with E-state index in [4.69, 9.17) is 0 Å². The predicted molar refractivity (Wildman–Crippen MR) is 103 cm³/mol. The van der Waals surface area contributed by atoms with Crippen molar-refractivity contribution in [1.82, 2.24) is 9.29 Å². The molecule has 1 saturated heterocycles. The van der Waals surface area contributed by atoms with Crippen LogP contribution in [-0.4, -0.2) is 43.9 Å². The lowest BCUT2D eigenvalue weighted by Gasteiger charge is -2.33. The van der Waals surface area contributed by atoms with E-state index in [1.165, 1.54) is 11.3 Å². The highest BCUT2D eigenvalue weighted by Gasteiger charge is 2.33. The van der Waals surface area contributed by atoms with E-state index in [2.05, 4.69) is 4.98 Å². The average molecular weight is 428 g/mol. The highest BCUT2D eigenvalue weighted by Crippen LogP contribution is 2.30. The summed E-state index contributed by atoms with van der Waals surface area (Å²) in [6, 6.07) is 5.05. The Morgan fingerprint density at radius 3 is 2.33 bits per heavy atom. The summed E-state index contributed by atoms with van der Waals surface area (Å²) in [6.07, 6.45) is 0. The number of benzene rings is 1. The van der Waals surface area contributed by atoms with Crippen molar-refractivity contribution in [2.75, 3.05) is 31.1 Å². The van der Waals surface area contributed by atoms with E-state index in [1.807, 2.05) is 27.1 Å². The van der Waals surface area contributed by atoms with Crippen LogP contribution in [0.15, 0.2) is 45.3 Å². The Balaban J connectivity index is 1.49. The standard InChI is InChI=1S/C17H15F2N3O2S3/c18-13-2-1-3-14(19)16(13)27(23,24)22-7-5-21(6-8-22)17-20-15(11-26-17)12-4-9-25-10-12/h1-4,9-11H,5-8H2. The Kier molecular flexibility index (Phi) is 4.97. The second kappa shape index (κ2) is 7.27. The number of hydrogen-bond donors (Lipinski definition) is 0. The lowest BCUT2D eigenvalue weighted by atomic mass is 10.3. The topological polar surface area (TPSA) is 53.5 Å². The zero-order chi connectivity index (χ0) is 19.0. The molecular weight excluding hydrogens is 412 g/mol. The van der Waals surface area contributed by atoms with E-state index in [0.717, 1.165) is 38.9 Å². The van der Waals surface area contributed by atoms with Gasteiger partial charge in [-0.3, -0.25) is 0 Å². The van der Waals surface area contributed by atoms with Crippen LogP contribution in [0, 0.1) is 11.6 Å². The number of anilines is 1. The molecular formula is C17H15F2N3O2S3. The first-order valence-electron chi connectivity index (χ1n) is 8.14. The van der Waals surface area contributed by atoms with Gasteiger partial charge in [0.05, 0.1) is 5.69 Å². The zero-order valence-electron chi connectivity index (χ0n) is 14.0. The van der Waals surface area contributed by atoms with E-state index in [0.29, 0.717) is 13.1 Å². The first-order chi connectivity index (χ1) is 13.0. The fourth-order valence-electron chi connectivity index (χ4n) is 2.93. The van der Waals surface area contributed by atoms with Crippen LogP contribution >= 0.6 is 22.7 Å². The minimum absolute atomic E-state index is 0.142. The molecule has 4 rings (SSSR count). The van der Waals surface area contributed by atoms with Gasteiger partial charge in [0, 0.05) is 42.5 Å². The summed E-state index contributed by atoms with van der Waals surface area (Å²) in [5, 5.41) is 6.78. The fourth-order valence-corrected chi connectivity index (χ4v) is 6.00. The molecule has 5 nitrogen and oxygen atoms in total. The van der Waals surface area contributed by atoms with E-state index in [-0.39, 0.29) is 13.1 Å². The minimum atomic E-state index is -4.22. The van der Waals surface area contributed by atoms with Crippen LogP contribution in [0.2, 0.25) is 0 Å². The second-order valence-electron chi connectivity index (χ2n) is 5.97. The normalized spacial score (nSPS) is 16.0. The molecule has 3 aromatic rings. The molecule has 0 unspecified atom stereocenters. The maximum atomic E-state index is 13.9. The van der Waals surface area contributed by atoms with Crippen molar-refractivity contribution in [3.05, 3.63) is 52.0 Å². The Labute approximate surface area is 163 Å². The lowest BCUT2D eigenvalue weighted by Crippen LogP contribution is -2.49. The SMILES string of the molecule is O=S(=O)(c1c(F)cccc1F)N1CCN(c2nc(-c3ccsc3)cs2)CC1.